The van der Waals surface area contributed by atoms with Crippen molar-refractivity contribution in [3.8, 4) is 0 Å². The topological polar surface area (TPSA) is 80.8 Å². The number of amides is 2. The van der Waals surface area contributed by atoms with Crippen LogP contribution in [0.3, 0.4) is 0 Å². The molecule has 1 unspecified atom stereocenters. The number of fused-ring (bicyclic) bond motifs is 1. The number of benzene rings is 2. The van der Waals surface area contributed by atoms with Crippen LogP contribution < -0.4 is 0 Å². The number of carbonyl (C=O) groups excluding carboxylic acids is 4. The molecule has 1 aliphatic rings. The molecule has 1 aliphatic heterocycles. The molecule has 0 aromatic heterocycles. The summed E-state index contributed by atoms with van der Waals surface area (Å²) in [7, 11) is 0. The molecule has 1 heterocycles. The molecule has 2 aromatic rings. The molecule has 2 aromatic carbocycles. The van der Waals surface area contributed by atoms with Crippen LogP contribution >= 0.6 is 0 Å². The van der Waals surface area contributed by atoms with Gasteiger partial charge in [-0.2, -0.15) is 0 Å². The summed E-state index contributed by atoms with van der Waals surface area (Å²) >= 11 is 0. The molecule has 138 valence electrons. The number of rotatable bonds is 6. The zero-order chi connectivity index (χ0) is 19.6. The van der Waals surface area contributed by atoms with Gasteiger partial charge in [-0.05, 0) is 31.5 Å². The predicted molar refractivity (Wildman–Crippen MR) is 97.5 cm³/mol. The van der Waals surface area contributed by atoms with Crippen molar-refractivity contribution in [1.29, 1.82) is 0 Å². The summed E-state index contributed by atoms with van der Waals surface area (Å²) in [4.78, 5) is 50.4. The zero-order valence-electron chi connectivity index (χ0n) is 15.1. The van der Waals surface area contributed by atoms with Crippen molar-refractivity contribution in [1.82, 2.24) is 4.90 Å². The molecular weight excluding hydrogens is 346 g/mol. The summed E-state index contributed by atoms with van der Waals surface area (Å²) in [6.45, 7) is 3.27. The largest absolute Gasteiger partial charge is 0.464 e. The number of esters is 1. The smallest absolute Gasteiger partial charge is 0.329 e. The highest BCUT2D eigenvalue weighted by Crippen LogP contribution is 2.26. The van der Waals surface area contributed by atoms with Gasteiger partial charge < -0.3 is 4.74 Å². The minimum atomic E-state index is -1.07. The second-order valence-electron chi connectivity index (χ2n) is 6.25. The third kappa shape index (κ3) is 3.51. The molecule has 0 spiro atoms. The van der Waals surface area contributed by atoms with E-state index in [1.165, 1.54) is 6.92 Å². The van der Waals surface area contributed by atoms with E-state index in [0.717, 1.165) is 10.5 Å². The van der Waals surface area contributed by atoms with Crippen LogP contribution in [0.4, 0.5) is 0 Å². The molecule has 6 nitrogen and oxygen atoms in total. The SMILES string of the molecule is CCOC(=O)C(Cc1ccc(C(C)=O)cc1)N1C(=O)c2ccccc2C1=O. The van der Waals surface area contributed by atoms with E-state index in [0.29, 0.717) is 5.56 Å². The van der Waals surface area contributed by atoms with E-state index < -0.39 is 23.8 Å². The number of ether oxygens (including phenoxy) is 1. The molecule has 0 saturated heterocycles. The van der Waals surface area contributed by atoms with Gasteiger partial charge in [0.15, 0.2) is 5.78 Å². The Morgan fingerprint density at radius 2 is 1.52 bits per heavy atom. The fourth-order valence-electron chi connectivity index (χ4n) is 3.11. The van der Waals surface area contributed by atoms with Gasteiger partial charge in [0.1, 0.15) is 6.04 Å². The molecule has 0 aliphatic carbocycles. The van der Waals surface area contributed by atoms with Crippen LogP contribution in [-0.4, -0.2) is 41.1 Å². The molecule has 3 rings (SSSR count). The maximum Gasteiger partial charge on any atom is 0.329 e. The Balaban J connectivity index is 1.93. The van der Waals surface area contributed by atoms with Crippen LogP contribution in [0, 0.1) is 0 Å². The predicted octanol–water partition coefficient (Wildman–Crippen LogP) is 2.66. The van der Waals surface area contributed by atoms with Crippen molar-refractivity contribution in [2.75, 3.05) is 6.61 Å². The van der Waals surface area contributed by atoms with E-state index in [1.54, 1.807) is 55.5 Å². The first-order chi connectivity index (χ1) is 12.9. The molecule has 2 amide bonds. The maximum absolute atomic E-state index is 12.7. The third-order valence-electron chi connectivity index (χ3n) is 4.49. The van der Waals surface area contributed by atoms with Gasteiger partial charge >= 0.3 is 5.97 Å². The van der Waals surface area contributed by atoms with Gasteiger partial charge in [-0.15, -0.1) is 0 Å². The first-order valence-corrected chi connectivity index (χ1v) is 8.67. The Morgan fingerprint density at radius 1 is 0.963 bits per heavy atom. The summed E-state index contributed by atoms with van der Waals surface area (Å²) in [5, 5.41) is 0. The van der Waals surface area contributed by atoms with Crippen LogP contribution in [-0.2, 0) is 16.0 Å². The molecule has 1 atom stereocenters. The summed E-state index contributed by atoms with van der Waals surface area (Å²) in [6, 6.07) is 12.1. The molecule has 0 N–H and O–H groups in total. The summed E-state index contributed by atoms with van der Waals surface area (Å²) in [5.41, 5.74) is 1.83. The number of carbonyl (C=O) groups is 4. The Morgan fingerprint density at radius 3 is 2.00 bits per heavy atom. The summed E-state index contributed by atoms with van der Waals surface area (Å²) in [5.74, 6) is -1.71. The zero-order valence-corrected chi connectivity index (χ0v) is 15.1. The van der Waals surface area contributed by atoms with Gasteiger partial charge in [-0.25, -0.2) is 4.79 Å². The molecular formula is C21H19NO5. The van der Waals surface area contributed by atoms with Crippen LogP contribution in [0.25, 0.3) is 0 Å². The first kappa shape index (κ1) is 18.5. The van der Waals surface area contributed by atoms with Gasteiger partial charge in [0.05, 0.1) is 17.7 Å². The molecule has 27 heavy (non-hydrogen) atoms. The third-order valence-corrected chi connectivity index (χ3v) is 4.49. The average Bonchev–Trinajstić information content (AvgIpc) is 2.91. The summed E-state index contributed by atoms with van der Waals surface area (Å²) in [6.07, 6.45) is 0.114. The average molecular weight is 365 g/mol. The van der Waals surface area contributed by atoms with Crippen LogP contribution in [0.5, 0.6) is 0 Å². The van der Waals surface area contributed by atoms with Crippen molar-refractivity contribution < 1.29 is 23.9 Å². The minimum Gasteiger partial charge on any atom is -0.464 e. The van der Waals surface area contributed by atoms with E-state index in [1.807, 2.05) is 0 Å². The first-order valence-electron chi connectivity index (χ1n) is 8.67. The normalized spacial score (nSPS) is 14.1. The van der Waals surface area contributed by atoms with Crippen molar-refractivity contribution >= 4 is 23.6 Å². The van der Waals surface area contributed by atoms with E-state index in [2.05, 4.69) is 0 Å². The van der Waals surface area contributed by atoms with E-state index in [4.69, 9.17) is 4.74 Å². The fraction of sp³-hybridized carbons (Fsp3) is 0.238. The standard InChI is InChI=1S/C21H19NO5/c1-3-27-21(26)18(12-14-8-10-15(11-9-14)13(2)23)22-19(24)16-6-4-5-7-17(16)20(22)25/h4-11,18H,3,12H2,1-2H3. The molecule has 0 radical (unpaired) electrons. The van der Waals surface area contributed by atoms with E-state index >= 15 is 0 Å². The number of hydrogen-bond acceptors (Lipinski definition) is 5. The molecule has 6 heteroatoms. The summed E-state index contributed by atoms with van der Waals surface area (Å²) < 4.78 is 5.11. The fourth-order valence-corrected chi connectivity index (χ4v) is 3.11. The van der Waals surface area contributed by atoms with Gasteiger partial charge in [-0.1, -0.05) is 36.4 Å². The Bertz CT molecular complexity index is 881. The molecule has 0 saturated carbocycles. The highest BCUT2D eigenvalue weighted by molar-refractivity contribution is 6.22. The van der Waals surface area contributed by atoms with E-state index in [9.17, 15) is 19.2 Å². The van der Waals surface area contributed by atoms with Gasteiger partial charge in [0.2, 0.25) is 0 Å². The number of ketones is 1. The van der Waals surface area contributed by atoms with Crippen LogP contribution in [0.1, 0.15) is 50.5 Å². The van der Waals surface area contributed by atoms with Crippen molar-refractivity contribution in [2.45, 2.75) is 26.3 Å². The Labute approximate surface area is 156 Å². The number of nitrogens with zero attached hydrogens (tertiary/aromatic N) is 1. The second-order valence-corrected chi connectivity index (χ2v) is 6.25. The lowest BCUT2D eigenvalue weighted by Gasteiger charge is -2.24. The highest BCUT2D eigenvalue weighted by Gasteiger charge is 2.43. The van der Waals surface area contributed by atoms with Crippen molar-refractivity contribution in [2.24, 2.45) is 0 Å². The Hall–Kier alpha value is -3.28. The highest BCUT2D eigenvalue weighted by atomic mass is 16.5. The van der Waals surface area contributed by atoms with Gasteiger partial charge in [0.25, 0.3) is 11.8 Å². The lowest BCUT2D eigenvalue weighted by Crippen LogP contribution is -2.47. The monoisotopic (exact) mass is 365 g/mol. The molecule has 0 fully saturated rings. The number of hydrogen-bond donors (Lipinski definition) is 0. The van der Waals surface area contributed by atoms with Crippen LogP contribution in [0.15, 0.2) is 48.5 Å². The minimum absolute atomic E-state index is 0.0659. The Kier molecular flexibility index (Phi) is 5.16. The quantitative estimate of drug-likeness (QED) is 0.447. The van der Waals surface area contributed by atoms with Gasteiger partial charge in [-0.3, -0.25) is 19.3 Å². The number of Topliss-reactive ketones (excluding diaryl/α,β-unsaturated/α-hetero) is 1. The van der Waals surface area contributed by atoms with Crippen molar-refractivity contribution in [3.63, 3.8) is 0 Å². The van der Waals surface area contributed by atoms with Crippen LogP contribution in [0.2, 0.25) is 0 Å². The second kappa shape index (κ2) is 7.53. The van der Waals surface area contributed by atoms with Gasteiger partial charge in [0, 0.05) is 12.0 Å². The lowest BCUT2D eigenvalue weighted by atomic mass is 10.0. The molecule has 0 bridgehead atoms. The van der Waals surface area contributed by atoms with E-state index in [-0.39, 0.29) is 29.9 Å². The number of imide groups is 1. The lowest BCUT2D eigenvalue weighted by molar-refractivity contribution is -0.147. The maximum atomic E-state index is 12.7. The van der Waals surface area contributed by atoms with Crippen molar-refractivity contribution in [3.05, 3.63) is 70.8 Å².